The van der Waals surface area contributed by atoms with E-state index in [4.69, 9.17) is 18.0 Å². The van der Waals surface area contributed by atoms with Crippen molar-refractivity contribution in [2.24, 2.45) is 5.73 Å². The largest absolute Gasteiger partial charge is 0.389 e. The molecule has 1 aromatic heterocycles. The SMILES string of the molecule is CN(C)CCN1CCN(c2ncccc2C(N)=S)CC1. The molecule has 0 atom stereocenters. The molecule has 1 aromatic rings. The van der Waals surface area contributed by atoms with E-state index in [0.29, 0.717) is 4.99 Å². The molecule has 20 heavy (non-hydrogen) atoms. The fourth-order valence-electron chi connectivity index (χ4n) is 2.37. The summed E-state index contributed by atoms with van der Waals surface area (Å²) in [5.74, 6) is 0.923. The lowest BCUT2D eigenvalue weighted by Gasteiger charge is -2.36. The Balaban J connectivity index is 1.95. The molecule has 0 radical (unpaired) electrons. The first-order valence-electron chi connectivity index (χ1n) is 6.95. The average Bonchev–Trinajstić information content (AvgIpc) is 2.45. The number of anilines is 1. The van der Waals surface area contributed by atoms with Gasteiger partial charge >= 0.3 is 0 Å². The molecule has 110 valence electrons. The van der Waals surface area contributed by atoms with Crippen molar-refractivity contribution >= 4 is 23.0 Å². The number of hydrogen-bond acceptors (Lipinski definition) is 5. The predicted molar refractivity (Wildman–Crippen MR) is 87.3 cm³/mol. The summed E-state index contributed by atoms with van der Waals surface area (Å²) in [7, 11) is 4.22. The molecule has 1 fully saturated rings. The Morgan fingerprint density at radius 1 is 1.35 bits per heavy atom. The molecule has 5 nitrogen and oxygen atoms in total. The number of piperazine rings is 1. The quantitative estimate of drug-likeness (QED) is 0.793. The van der Waals surface area contributed by atoms with Crippen LogP contribution >= 0.6 is 12.2 Å². The van der Waals surface area contributed by atoms with Gasteiger partial charge in [-0.2, -0.15) is 0 Å². The zero-order chi connectivity index (χ0) is 14.5. The van der Waals surface area contributed by atoms with E-state index in [1.807, 2.05) is 12.1 Å². The molecule has 2 heterocycles. The summed E-state index contributed by atoms with van der Waals surface area (Å²) in [5.41, 5.74) is 6.66. The van der Waals surface area contributed by atoms with Crippen molar-refractivity contribution in [3.8, 4) is 0 Å². The van der Waals surface area contributed by atoms with Crippen LogP contribution < -0.4 is 10.6 Å². The third-order valence-corrected chi connectivity index (χ3v) is 3.81. The first-order chi connectivity index (χ1) is 9.58. The van der Waals surface area contributed by atoms with E-state index < -0.39 is 0 Å². The topological polar surface area (TPSA) is 48.6 Å². The van der Waals surface area contributed by atoms with E-state index in [0.717, 1.165) is 50.6 Å². The Morgan fingerprint density at radius 2 is 2.05 bits per heavy atom. The van der Waals surface area contributed by atoms with Crippen LogP contribution in [0.1, 0.15) is 5.56 Å². The highest BCUT2D eigenvalue weighted by molar-refractivity contribution is 7.80. The zero-order valence-electron chi connectivity index (χ0n) is 12.2. The molecule has 6 heteroatoms. The van der Waals surface area contributed by atoms with Gasteiger partial charge in [-0.05, 0) is 26.2 Å². The Labute approximate surface area is 126 Å². The van der Waals surface area contributed by atoms with E-state index in [9.17, 15) is 0 Å². The Hall–Kier alpha value is -1.24. The lowest BCUT2D eigenvalue weighted by atomic mass is 10.2. The minimum atomic E-state index is 0.420. The molecular formula is C14H23N5S. The van der Waals surface area contributed by atoms with E-state index in [1.54, 1.807) is 6.20 Å². The summed E-state index contributed by atoms with van der Waals surface area (Å²) in [5, 5.41) is 0. The second kappa shape index (κ2) is 6.97. The van der Waals surface area contributed by atoms with Crippen molar-refractivity contribution in [1.82, 2.24) is 14.8 Å². The van der Waals surface area contributed by atoms with E-state index in [1.165, 1.54) is 0 Å². The van der Waals surface area contributed by atoms with Gasteiger partial charge in [-0.1, -0.05) is 12.2 Å². The van der Waals surface area contributed by atoms with Gasteiger partial charge in [0.2, 0.25) is 0 Å². The van der Waals surface area contributed by atoms with E-state index in [2.05, 4.69) is 33.8 Å². The van der Waals surface area contributed by atoms with Gasteiger partial charge < -0.3 is 15.5 Å². The molecule has 2 N–H and O–H groups in total. The van der Waals surface area contributed by atoms with Crippen LogP contribution in [0.5, 0.6) is 0 Å². The summed E-state index contributed by atoms with van der Waals surface area (Å²) >= 11 is 5.11. The van der Waals surface area contributed by atoms with Gasteiger partial charge in [0.05, 0.1) is 5.56 Å². The number of rotatable bonds is 5. The van der Waals surface area contributed by atoms with Crippen molar-refractivity contribution in [1.29, 1.82) is 0 Å². The van der Waals surface area contributed by atoms with Crippen molar-refractivity contribution in [3.63, 3.8) is 0 Å². The van der Waals surface area contributed by atoms with Gasteiger partial charge in [-0.25, -0.2) is 4.98 Å². The molecular weight excluding hydrogens is 270 g/mol. The van der Waals surface area contributed by atoms with Gasteiger partial charge in [0.1, 0.15) is 10.8 Å². The van der Waals surface area contributed by atoms with Gasteiger partial charge in [-0.3, -0.25) is 4.90 Å². The Kier molecular flexibility index (Phi) is 5.28. The molecule has 0 unspecified atom stereocenters. The molecule has 0 aromatic carbocycles. The number of pyridine rings is 1. The average molecular weight is 293 g/mol. The van der Waals surface area contributed by atoms with Crippen LogP contribution in [0.2, 0.25) is 0 Å². The Bertz CT molecular complexity index is 455. The molecule has 1 saturated heterocycles. The molecule has 0 amide bonds. The number of nitrogens with two attached hydrogens (primary N) is 1. The van der Waals surface area contributed by atoms with Crippen molar-refractivity contribution < 1.29 is 0 Å². The normalized spacial score (nSPS) is 16.6. The molecule has 0 aliphatic carbocycles. The minimum absolute atomic E-state index is 0.420. The first kappa shape index (κ1) is 15.2. The van der Waals surface area contributed by atoms with Crippen molar-refractivity contribution in [2.45, 2.75) is 0 Å². The van der Waals surface area contributed by atoms with Gasteiger partial charge in [0, 0.05) is 45.5 Å². The summed E-state index contributed by atoms with van der Waals surface area (Å²) in [6, 6.07) is 3.83. The number of thiocarbonyl (C=S) groups is 1. The third kappa shape index (κ3) is 3.88. The van der Waals surface area contributed by atoms with Crippen molar-refractivity contribution in [2.75, 3.05) is 58.3 Å². The highest BCUT2D eigenvalue weighted by Crippen LogP contribution is 2.18. The van der Waals surface area contributed by atoms with Gasteiger partial charge in [0.15, 0.2) is 0 Å². The number of aromatic nitrogens is 1. The molecule has 0 spiro atoms. The summed E-state index contributed by atoms with van der Waals surface area (Å²) in [6.45, 7) is 6.27. The number of hydrogen-bond donors (Lipinski definition) is 1. The molecule has 2 rings (SSSR count). The monoisotopic (exact) mass is 293 g/mol. The molecule has 0 saturated carbocycles. The smallest absolute Gasteiger partial charge is 0.138 e. The van der Waals surface area contributed by atoms with Crippen LogP contribution in [-0.2, 0) is 0 Å². The van der Waals surface area contributed by atoms with Crippen LogP contribution in [0.3, 0.4) is 0 Å². The van der Waals surface area contributed by atoms with Gasteiger partial charge in [-0.15, -0.1) is 0 Å². The number of likely N-dealkylation sites (N-methyl/N-ethyl adjacent to an activating group) is 1. The second-order valence-electron chi connectivity index (χ2n) is 5.37. The summed E-state index contributed by atoms with van der Waals surface area (Å²) in [4.78, 5) is 11.9. The third-order valence-electron chi connectivity index (χ3n) is 3.59. The lowest BCUT2D eigenvalue weighted by molar-refractivity contribution is 0.229. The van der Waals surface area contributed by atoms with Crippen molar-refractivity contribution in [3.05, 3.63) is 23.9 Å². The Morgan fingerprint density at radius 3 is 2.65 bits per heavy atom. The van der Waals surface area contributed by atoms with E-state index >= 15 is 0 Å². The van der Waals surface area contributed by atoms with Crippen LogP contribution in [0, 0.1) is 0 Å². The maximum atomic E-state index is 5.78. The highest BCUT2D eigenvalue weighted by atomic mass is 32.1. The van der Waals surface area contributed by atoms with Crippen LogP contribution in [0.4, 0.5) is 5.82 Å². The zero-order valence-corrected chi connectivity index (χ0v) is 13.1. The van der Waals surface area contributed by atoms with Crippen LogP contribution in [0.25, 0.3) is 0 Å². The summed E-state index contributed by atoms with van der Waals surface area (Å²) in [6.07, 6.45) is 1.80. The van der Waals surface area contributed by atoms with Gasteiger partial charge in [0.25, 0.3) is 0 Å². The fourth-order valence-corrected chi connectivity index (χ4v) is 2.53. The molecule has 0 bridgehead atoms. The minimum Gasteiger partial charge on any atom is -0.389 e. The van der Waals surface area contributed by atoms with Crippen LogP contribution in [0.15, 0.2) is 18.3 Å². The maximum absolute atomic E-state index is 5.78. The standard InChI is InChI=1S/C14H23N5S/c1-17(2)6-7-18-8-10-19(11-9-18)14-12(13(15)20)4-3-5-16-14/h3-5H,6-11H2,1-2H3,(H2,15,20). The highest BCUT2D eigenvalue weighted by Gasteiger charge is 2.20. The molecule has 1 aliphatic rings. The lowest BCUT2D eigenvalue weighted by Crippen LogP contribution is -2.48. The second-order valence-corrected chi connectivity index (χ2v) is 5.81. The predicted octanol–water partition coefficient (Wildman–Crippen LogP) is 0.399. The van der Waals surface area contributed by atoms with Crippen LogP contribution in [-0.4, -0.2) is 73.1 Å². The maximum Gasteiger partial charge on any atom is 0.138 e. The first-order valence-corrected chi connectivity index (χ1v) is 7.35. The number of nitrogens with zero attached hydrogens (tertiary/aromatic N) is 4. The van der Waals surface area contributed by atoms with E-state index in [-0.39, 0.29) is 0 Å². The summed E-state index contributed by atoms with van der Waals surface area (Å²) < 4.78 is 0. The fraction of sp³-hybridized carbons (Fsp3) is 0.571. The molecule has 1 aliphatic heterocycles.